The zero-order valence-electron chi connectivity index (χ0n) is 11.7. The van der Waals surface area contributed by atoms with Gasteiger partial charge >= 0.3 is 0 Å². The lowest BCUT2D eigenvalue weighted by atomic mass is 10.2. The number of carbonyl (C=O) groups excluding carboxylic acids is 1. The van der Waals surface area contributed by atoms with Gasteiger partial charge in [0.2, 0.25) is 5.91 Å². The number of hydrogen-bond acceptors (Lipinski definition) is 5. The van der Waals surface area contributed by atoms with E-state index >= 15 is 0 Å². The Bertz CT molecular complexity index is 756. The van der Waals surface area contributed by atoms with Crippen LogP contribution in [0.15, 0.2) is 47.5 Å². The Balaban J connectivity index is 2.26. The van der Waals surface area contributed by atoms with Gasteiger partial charge in [-0.1, -0.05) is 6.07 Å². The number of phenolic OH excluding ortho intramolecular Hbond substituents is 1. The number of nitro groups is 1. The van der Waals surface area contributed by atoms with E-state index in [0.29, 0.717) is 11.4 Å². The van der Waals surface area contributed by atoms with Gasteiger partial charge in [-0.15, -0.1) is 0 Å². The maximum Gasteiger partial charge on any atom is 0.270 e. The van der Waals surface area contributed by atoms with Gasteiger partial charge in [-0.3, -0.25) is 19.9 Å². The Morgan fingerprint density at radius 3 is 2.77 bits per heavy atom. The number of aliphatic imine (C=N–C) groups is 1. The van der Waals surface area contributed by atoms with Crippen LogP contribution < -0.4 is 5.32 Å². The molecule has 2 N–H and O–H groups in total. The molecule has 2 aromatic rings. The molecule has 2 rings (SSSR count). The number of aromatic hydroxyl groups is 1. The smallest absolute Gasteiger partial charge is 0.270 e. The summed E-state index contributed by atoms with van der Waals surface area (Å²) in [6, 6.07) is 10.5. The molecule has 2 aromatic carbocycles. The van der Waals surface area contributed by atoms with Crippen LogP contribution in [-0.4, -0.2) is 22.2 Å². The first-order valence-corrected chi connectivity index (χ1v) is 6.35. The summed E-state index contributed by atoms with van der Waals surface area (Å²) in [5.74, 6) is -0.301. The number of non-ortho nitro benzene ring substituents is 1. The molecule has 0 unspecified atom stereocenters. The van der Waals surface area contributed by atoms with Crippen molar-refractivity contribution in [2.24, 2.45) is 4.99 Å². The quantitative estimate of drug-likeness (QED) is 0.514. The predicted molar refractivity (Wildman–Crippen MR) is 82.8 cm³/mol. The zero-order chi connectivity index (χ0) is 16.1. The molecule has 1 amide bonds. The van der Waals surface area contributed by atoms with Gasteiger partial charge in [0, 0.05) is 36.5 Å². The second-order valence-corrected chi connectivity index (χ2v) is 4.49. The van der Waals surface area contributed by atoms with Crippen LogP contribution in [0.3, 0.4) is 0 Å². The highest BCUT2D eigenvalue weighted by Crippen LogP contribution is 2.23. The van der Waals surface area contributed by atoms with Crippen molar-refractivity contribution >= 4 is 29.2 Å². The normalized spacial score (nSPS) is 10.6. The van der Waals surface area contributed by atoms with Crippen molar-refractivity contribution in [2.45, 2.75) is 6.92 Å². The summed E-state index contributed by atoms with van der Waals surface area (Å²) in [7, 11) is 0. The molecule has 22 heavy (non-hydrogen) atoms. The fourth-order valence-electron chi connectivity index (χ4n) is 1.77. The minimum atomic E-state index is -0.547. The number of nitro benzene ring substituents is 1. The SMILES string of the molecule is CC(=O)Nc1cccc(N=Cc2cc([N+](=O)[O-])ccc2O)c1. The second-order valence-electron chi connectivity index (χ2n) is 4.49. The second kappa shape index (κ2) is 6.49. The molecule has 0 bridgehead atoms. The van der Waals surface area contributed by atoms with E-state index in [0.717, 1.165) is 0 Å². The van der Waals surface area contributed by atoms with E-state index < -0.39 is 4.92 Å². The van der Waals surface area contributed by atoms with Gasteiger partial charge in [-0.2, -0.15) is 0 Å². The maximum atomic E-state index is 11.0. The van der Waals surface area contributed by atoms with E-state index in [4.69, 9.17) is 0 Å². The molecule has 0 atom stereocenters. The lowest BCUT2D eigenvalue weighted by molar-refractivity contribution is -0.384. The highest BCUT2D eigenvalue weighted by atomic mass is 16.6. The standard InChI is InChI=1S/C15H13N3O4/c1-10(19)17-13-4-2-3-12(8-13)16-9-11-7-14(18(21)22)5-6-15(11)20/h2-9,20H,1H3,(H,17,19). The summed E-state index contributed by atoms with van der Waals surface area (Å²) >= 11 is 0. The van der Waals surface area contributed by atoms with E-state index in [1.807, 2.05) is 0 Å². The Kier molecular flexibility index (Phi) is 4.47. The molecule has 0 aromatic heterocycles. The number of nitrogens with zero attached hydrogens (tertiary/aromatic N) is 2. The summed E-state index contributed by atoms with van der Waals surface area (Å²) in [5, 5.41) is 23.0. The van der Waals surface area contributed by atoms with Crippen molar-refractivity contribution in [3.8, 4) is 5.75 Å². The third-order valence-electron chi connectivity index (χ3n) is 2.74. The number of nitrogens with one attached hydrogen (secondary N) is 1. The molecule has 0 aliphatic heterocycles. The molecular formula is C15H13N3O4. The number of amides is 1. The monoisotopic (exact) mass is 299 g/mol. The molecule has 0 aliphatic carbocycles. The van der Waals surface area contributed by atoms with Crippen LogP contribution >= 0.6 is 0 Å². The third kappa shape index (κ3) is 3.89. The fraction of sp³-hybridized carbons (Fsp3) is 0.0667. The topological polar surface area (TPSA) is 105 Å². The number of hydrogen-bond donors (Lipinski definition) is 2. The zero-order valence-corrected chi connectivity index (χ0v) is 11.7. The average Bonchev–Trinajstić information content (AvgIpc) is 2.46. The molecule has 0 radical (unpaired) electrons. The molecule has 0 heterocycles. The molecule has 0 aliphatic rings. The summed E-state index contributed by atoms with van der Waals surface area (Å²) in [6.07, 6.45) is 1.33. The molecule has 0 spiro atoms. The third-order valence-corrected chi connectivity index (χ3v) is 2.74. The van der Waals surface area contributed by atoms with E-state index in [1.165, 1.54) is 31.3 Å². The summed E-state index contributed by atoms with van der Waals surface area (Å²) < 4.78 is 0. The van der Waals surface area contributed by atoms with E-state index in [9.17, 15) is 20.0 Å². The first-order valence-electron chi connectivity index (χ1n) is 6.35. The van der Waals surface area contributed by atoms with Crippen molar-refractivity contribution in [1.82, 2.24) is 0 Å². The molecule has 7 heteroatoms. The van der Waals surface area contributed by atoms with E-state index in [-0.39, 0.29) is 22.9 Å². The summed E-state index contributed by atoms with van der Waals surface area (Å²) in [4.78, 5) is 25.3. The van der Waals surface area contributed by atoms with Crippen LogP contribution in [0, 0.1) is 10.1 Å². The number of carbonyl (C=O) groups is 1. The van der Waals surface area contributed by atoms with Crippen molar-refractivity contribution in [1.29, 1.82) is 0 Å². The Morgan fingerprint density at radius 1 is 1.32 bits per heavy atom. The first kappa shape index (κ1) is 15.2. The van der Waals surface area contributed by atoms with Gasteiger partial charge < -0.3 is 10.4 Å². The van der Waals surface area contributed by atoms with Gasteiger partial charge in [0.25, 0.3) is 5.69 Å². The Morgan fingerprint density at radius 2 is 2.09 bits per heavy atom. The Hall–Kier alpha value is -3.22. The number of anilines is 1. The van der Waals surface area contributed by atoms with Gasteiger partial charge in [-0.05, 0) is 24.3 Å². The minimum absolute atomic E-state index is 0.104. The minimum Gasteiger partial charge on any atom is -0.507 e. The van der Waals surface area contributed by atoms with Crippen LogP contribution in [0.5, 0.6) is 5.75 Å². The van der Waals surface area contributed by atoms with Crippen LogP contribution in [0.1, 0.15) is 12.5 Å². The van der Waals surface area contributed by atoms with E-state index in [2.05, 4.69) is 10.3 Å². The molecule has 0 fully saturated rings. The average molecular weight is 299 g/mol. The molecular weight excluding hydrogens is 286 g/mol. The number of benzene rings is 2. The molecule has 112 valence electrons. The van der Waals surface area contributed by atoms with Crippen LogP contribution in [0.2, 0.25) is 0 Å². The van der Waals surface area contributed by atoms with Crippen molar-refractivity contribution in [3.63, 3.8) is 0 Å². The maximum absolute atomic E-state index is 11.0. The van der Waals surface area contributed by atoms with Crippen molar-refractivity contribution in [3.05, 3.63) is 58.1 Å². The first-order chi connectivity index (χ1) is 10.5. The van der Waals surface area contributed by atoms with Gasteiger partial charge in [0.15, 0.2) is 0 Å². The van der Waals surface area contributed by atoms with Crippen molar-refractivity contribution < 1.29 is 14.8 Å². The van der Waals surface area contributed by atoms with Crippen LogP contribution in [-0.2, 0) is 4.79 Å². The largest absolute Gasteiger partial charge is 0.507 e. The van der Waals surface area contributed by atoms with Gasteiger partial charge in [0.1, 0.15) is 5.75 Å². The van der Waals surface area contributed by atoms with Gasteiger partial charge in [-0.25, -0.2) is 0 Å². The highest BCUT2D eigenvalue weighted by molar-refractivity contribution is 5.90. The van der Waals surface area contributed by atoms with Crippen molar-refractivity contribution in [2.75, 3.05) is 5.32 Å². The van der Waals surface area contributed by atoms with Crippen LogP contribution in [0.25, 0.3) is 0 Å². The van der Waals surface area contributed by atoms with E-state index in [1.54, 1.807) is 24.3 Å². The van der Waals surface area contributed by atoms with Gasteiger partial charge in [0.05, 0.1) is 10.6 Å². The summed E-state index contributed by atoms with van der Waals surface area (Å²) in [6.45, 7) is 1.40. The lowest BCUT2D eigenvalue weighted by Crippen LogP contribution is -2.05. The van der Waals surface area contributed by atoms with Crippen LogP contribution in [0.4, 0.5) is 17.1 Å². The molecule has 0 saturated heterocycles. The highest BCUT2D eigenvalue weighted by Gasteiger charge is 2.08. The fourth-order valence-corrected chi connectivity index (χ4v) is 1.77. The Labute approximate surface area is 126 Å². The lowest BCUT2D eigenvalue weighted by Gasteiger charge is -2.02. The molecule has 0 saturated carbocycles. The number of phenols is 1. The number of rotatable bonds is 4. The molecule has 7 nitrogen and oxygen atoms in total. The predicted octanol–water partition coefficient (Wildman–Crippen LogP) is 3.01. The summed E-state index contributed by atoms with van der Waals surface area (Å²) in [5.41, 5.74) is 1.23.